The molecule has 39 heavy (non-hydrogen) atoms. The lowest BCUT2D eigenvalue weighted by Crippen LogP contribution is -2.32. The molecule has 0 aliphatic heterocycles. The van der Waals surface area contributed by atoms with Crippen LogP contribution >= 0.6 is 22.9 Å². The highest BCUT2D eigenvalue weighted by Gasteiger charge is 2.18. The van der Waals surface area contributed by atoms with Crippen LogP contribution in [-0.4, -0.2) is 33.3 Å². The van der Waals surface area contributed by atoms with E-state index in [1.165, 1.54) is 18.2 Å². The van der Waals surface area contributed by atoms with Crippen molar-refractivity contribution in [1.82, 2.24) is 10.6 Å². The number of benzene rings is 3. The molecule has 0 bridgehead atoms. The smallest absolute Gasteiger partial charge is 0.319 e. The summed E-state index contributed by atoms with van der Waals surface area (Å²) in [7, 11) is -4.01. The third-order valence-corrected chi connectivity index (χ3v) is 7.37. The van der Waals surface area contributed by atoms with Gasteiger partial charge in [-0.3, -0.25) is 4.72 Å². The van der Waals surface area contributed by atoms with E-state index in [1.54, 1.807) is 54.6 Å². The van der Waals surface area contributed by atoms with Crippen LogP contribution in [0.15, 0.2) is 77.7 Å². The van der Waals surface area contributed by atoms with E-state index in [9.17, 15) is 22.8 Å². The highest BCUT2D eigenvalue weighted by molar-refractivity contribution is 14.1. The van der Waals surface area contributed by atoms with Crippen molar-refractivity contribution in [2.45, 2.75) is 30.7 Å². The average molecular weight is 665 g/mol. The van der Waals surface area contributed by atoms with Gasteiger partial charge in [0.25, 0.3) is 10.0 Å². The molecule has 0 aliphatic rings. The van der Waals surface area contributed by atoms with E-state index in [1.807, 2.05) is 29.8 Å². The van der Waals surface area contributed by atoms with Gasteiger partial charge in [-0.2, -0.15) is 0 Å². The molecule has 4 amide bonds. The Labute approximate surface area is 241 Å². The van der Waals surface area contributed by atoms with Crippen molar-refractivity contribution >= 4 is 74.0 Å². The summed E-state index contributed by atoms with van der Waals surface area (Å²) in [5.41, 5.74) is 2.53. The number of hydrogen-bond acceptors (Lipinski definition) is 6. The summed E-state index contributed by atoms with van der Waals surface area (Å²) in [6.45, 7) is 2.41. The Balaban J connectivity index is 1.72. The number of rotatable bonds is 12. The number of urea groups is 2. The van der Waals surface area contributed by atoms with Gasteiger partial charge in [-0.1, -0.05) is 25.1 Å². The quantitative estimate of drug-likeness (QED) is 0.0885. The standard InChI is InChI=1S/C26H29IN6O5S/c1-2-14-28-25(35)30-21-6-4-8-23(17-21)39(37,38)33-22-7-3-5-18(16-22)24(13-15-34)31-26(36)29-19-9-11-20(32-27)12-10-19/h3-12,15-17,24,32-33H,2,13-14H2,1H3,(H2,28,30,35)(H2,29,31,36). The van der Waals surface area contributed by atoms with Crippen LogP contribution in [-0.2, 0) is 14.8 Å². The first-order chi connectivity index (χ1) is 18.7. The van der Waals surface area contributed by atoms with Crippen molar-refractivity contribution in [3.8, 4) is 0 Å². The fourth-order valence-corrected chi connectivity index (χ4v) is 4.96. The first-order valence-electron chi connectivity index (χ1n) is 12.0. The van der Waals surface area contributed by atoms with Crippen molar-refractivity contribution in [1.29, 1.82) is 0 Å². The second-order valence-corrected chi connectivity index (χ2v) is 10.6. The molecule has 3 aromatic rings. The molecule has 206 valence electrons. The molecule has 0 radical (unpaired) electrons. The van der Waals surface area contributed by atoms with Gasteiger partial charge < -0.3 is 29.6 Å². The van der Waals surface area contributed by atoms with Crippen LogP contribution in [0.1, 0.15) is 31.4 Å². The highest BCUT2D eigenvalue weighted by Crippen LogP contribution is 2.24. The summed E-state index contributed by atoms with van der Waals surface area (Å²) in [5.74, 6) is 0. The van der Waals surface area contributed by atoms with E-state index in [0.717, 1.165) is 12.1 Å². The van der Waals surface area contributed by atoms with Crippen LogP contribution in [0.4, 0.5) is 32.3 Å². The largest absolute Gasteiger partial charge is 0.338 e. The monoisotopic (exact) mass is 664 g/mol. The van der Waals surface area contributed by atoms with Gasteiger partial charge in [-0.05, 0) is 66.6 Å². The Bertz CT molecular complexity index is 1400. The Morgan fingerprint density at radius 1 is 0.872 bits per heavy atom. The third-order valence-electron chi connectivity index (χ3n) is 5.37. The van der Waals surface area contributed by atoms with Gasteiger partial charge >= 0.3 is 12.1 Å². The summed E-state index contributed by atoms with van der Waals surface area (Å²) in [5, 5.41) is 10.7. The van der Waals surface area contributed by atoms with Gasteiger partial charge in [0, 0.05) is 35.7 Å². The van der Waals surface area contributed by atoms with Crippen LogP contribution in [0.3, 0.4) is 0 Å². The van der Waals surface area contributed by atoms with Crippen LogP contribution in [0, 0.1) is 0 Å². The summed E-state index contributed by atoms with van der Waals surface area (Å²) in [6, 6.07) is 17.7. The van der Waals surface area contributed by atoms with Gasteiger partial charge in [0.05, 0.1) is 33.8 Å². The Morgan fingerprint density at radius 3 is 2.23 bits per heavy atom. The molecule has 0 heterocycles. The topological polar surface area (TPSA) is 158 Å². The lowest BCUT2D eigenvalue weighted by molar-refractivity contribution is -0.108. The van der Waals surface area contributed by atoms with E-state index >= 15 is 0 Å². The first kappa shape index (κ1) is 29.7. The molecule has 13 heteroatoms. The molecule has 11 nitrogen and oxygen atoms in total. The molecule has 0 aliphatic carbocycles. The molecular formula is C26H29IN6O5S. The number of hydrogen-bond donors (Lipinski definition) is 6. The first-order valence-corrected chi connectivity index (χ1v) is 14.6. The molecule has 1 unspecified atom stereocenters. The normalized spacial score (nSPS) is 11.5. The van der Waals surface area contributed by atoms with Crippen LogP contribution < -0.4 is 29.5 Å². The lowest BCUT2D eigenvalue weighted by Gasteiger charge is -2.19. The summed E-state index contributed by atoms with van der Waals surface area (Å²) >= 11 is 2.00. The number of nitrogens with one attached hydrogen (secondary N) is 6. The fourth-order valence-electron chi connectivity index (χ4n) is 3.50. The van der Waals surface area contributed by atoms with E-state index in [0.29, 0.717) is 29.8 Å². The zero-order valence-electron chi connectivity index (χ0n) is 21.0. The van der Waals surface area contributed by atoms with Crippen molar-refractivity contribution < 1.29 is 22.8 Å². The maximum Gasteiger partial charge on any atom is 0.319 e. The van der Waals surface area contributed by atoms with Crippen molar-refractivity contribution in [2.75, 3.05) is 25.4 Å². The van der Waals surface area contributed by atoms with Crippen LogP contribution in [0.25, 0.3) is 0 Å². The van der Waals surface area contributed by atoms with Gasteiger partial charge in [-0.25, -0.2) is 18.0 Å². The third kappa shape index (κ3) is 9.14. The minimum Gasteiger partial charge on any atom is -0.338 e. The number of carbonyl (C=O) groups excluding carboxylic acids is 3. The van der Waals surface area contributed by atoms with E-state index < -0.39 is 28.1 Å². The molecular weight excluding hydrogens is 635 g/mol. The Kier molecular flexibility index (Phi) is 10.9. The Hall–Kier alpha value is -3.85. The zero-order chi connectivity index (χ0) is 28.3. The highest BCUT2D eigenvalue weighted by atomic mass is 127. The number of carbonyl (C=O) groups is 3. The minimum atomic E-state index is -4.01. The number of amides is 4. The molecule has 3 rings (SSSR count). The minimum absolute atomic E-state index is 0.0187. The predicted octanol–water partition coefficient (Wildman–Crippen LogP) is 5.23. The second-order valence-electron chi connectivity index (χ2n) is 8.36. The maximum absolute atomic E-state index is 13.1. The molecule has 6 N–H and O–H groups in total. The van der Waals surface area contributed by atoms with Crippen molar-refractivity contribution in [2.24, 2.45) is 0 Å². The summed E-state index contributed by atoms with van der Waals surface area (Å²) in [6.07, 6.45) is 1.43. The molecule has 0 saturated carbocycles. The predicted molar refractivity (Wildman–Crippen MR) is 161 cm³/mol. The number of anilines is 4. The van der Waals surface area contributed by atoms with Crippen LogP contribution in [0.5, 0.6) is 0 Å². The molecule has 0 spiro atoms. The lowest BCUT2D eigenvalue weighted by atomic mass is 10.0. The van der Waals surface area contributed by atoms with E-state index in [2.05, 4.69) is 29.5 Å². The van der Waals surface area contributed by atoms with Gasteiger partial charge in [0.2, 0.25) is 0 Å². The average Bonchev–Trinajstić information content (AvgIpc) is 2.92. The molecule has 0 saturated heterocycles. The van der Waals surface area contributed by atoms with Crippen molar-refractivity contribution in [3.05, 3.63) is 78.4 Å². The van der Waals surface area contributed by atoms with Crippen molar-refractivity contribution in [3.63, 3.8) is 0 Å². The number of aldehydes is 1. The van der Waals surface area contributed by atoms with E-state index in [-0.39, 0.29) is 17.0 Å². The number of sulfonamides is 1. The summed E-state index contributed by atoms with van der Waals surface area (Å²) < 4.78 is 31.6. The number of halogens is 1. The Morgan fingerprint density at radius 2 is 1.54 bits per heavy atom. The van der Waals surface area contributed by atoms with Crippen LogP contribution in [0.2, 0.25) is 0 Å². The second kappa shape index (κ2) is 14.3. The summed E-state index contributed by atoms with van der Waals surface area (Å²) in [4.78, 5) is 35.8. The van der Waals surface area contributed by atoms with Gasteiger partial charge in [-0.15, -0.1) is 0 Å². The van der Waals surface area contributed by atoms with E-state index in [4.69, 9.17) is 0 Å². The van der Waals surface area contributed by atoms with Gasteiger partial charge in [0.15, 0.2) is 0 Å². The van der Waals surface area contributed by atoms with Gasteiger partial charge in [0.1, 0.15) is 6.29 Å². The fraction of sp³-hybridized carbons (Fsp3) is 0.192. The molecule has 3 aromatic carbocycles. The molecule has 0 aromatic heterocycles. The molecule has 1 atom stereocenters. The maximum atomic E-state index is 13.1. The SMILES string of the molecule is CCCNC(=O)Nc1cccc(S(=O)(=O)Nc2cccc(C(CC=O)NC(=O)Nc3ccc(NI)cc3)c2)c1. The zero-order valence-corrected chi connectivity index (χ0v) is 24.0. The molecule has 0 fully saturated rings.